The molecule has 0 atom stereocenters. The Hall–Kier alpha value is -6.01. The Kier molecular flexibility index (Phi) is 5.10. The van der Waals surface area contributed by atoms with E-state index in [0.717, 1.165) is 44.0 Å². The van der Waals surface area contributed by atoms with Gasteiger partial charge in [-0.1, -0.05) is 91.0 Å². The van der Waals surface area contributed by atoms with Gasteiger partial charge in [-0.15, -0.1) is 0 Å². The van der Waals surface area contributed by atoms with Crippen LogP contribution >= 0.6 is 0 Å². The van der Waals surface area contributed by atoms with Gasteiger partial charge in [0, 0.05) is 28.9 Å². The number of furan rings is 1. The fourth-order valence-electron chi connectivity index (χ4n) is 5.99. The summed E-state index contributed by atoms with van der Waals surface area (Å²) in [6.45, 7) is 0. The number of nitrogens with zero attached hydrogens (tertiary/aromatic N) is 5. The average Bonchev–Trinajstić information content (AvgIpc) is 3.47. The van der Waals surface area contributed by atoms with E-state index in [4.69, 9.17) is 24.4 Å². The lowest BCUT2D eigenvalue weighted by Gasteiger charge is -2.10. The lowest BCUT2D eigenvalue weighted by atomic mass is 9.98. The number of hydrogen-bond donors (Lipinski definition) is 0. The lowest BCUT2D eigenvalue weighted by molar-refractivity contribution is 0.668. The SMILES string of the molecule is c1ccc(-c2nc(-c3cc4ccc5c6ccccc6ccc5c4cn3)nc(-c3cccc4oc5cccnc5c34)n2)cc1. The van der Waals surface area contributed by atoms with Crippen LogP contribution in [0.2, 0.25) is 0 Å². The van der Waals surface area contributed by atoms with E-state index in [-0.39, 0.29) is 0 Å². The molecule has 0 saturated heterocycles. The first-order valence-corrected chi connectivity index (χ1v) is 14.1. The van der Waals surface area contributed by atoms with Crippen molar-refractivity contribution in [3.8, 4) is 34.3 Å². The standard InChI is InChI=1S/C37H21N5O/c1-2-9-23(10-3-1)35-40-36(28-12-6-13-31-33(28)34-32(43-31)14-7-19-38-34)42-37(41-35)30-20-24-16-18-26-25-11-5-4-8-22(25)15-17-27(26)29(24)21-39-30/h1-21H. The second kappa shape index (κ2) is 9.26. The normalized spacial score (nSPS) is 11.7. The first-order chi connectivity index (χ1) is 21.3. The molecule has 0 aliphatic rings. The molecule has 5 aromatic carbocycles. The van der Waals surface area contributed by atoms with Crippen LogP contribution in [0.15, 0.2) is 132 Å². The van der Waals surface area contributed by atoms with E-state index in [1.165, 1.54) is 21.5 Å². The van der Waals surface area contributed by atoms with E-state index in [1.54, 1.807) is 6.20 Å². The molecule has 9 rings (SSSR count). The van der Waals surface area contributed by atoms with Crippen molar-refractivity contribution < 1.29 is 4.42 Å². The molecule has 0 radical (unpaired) electrons. The van der Waals surface area contributed by atoms with Crippen LogP contribution in [0.3, 0.4) is 0 Å². The Labute approximate surface area is 245 Å². The maximum atomic E-state index is 6.11. The molecule has 0 spiro atoms. The van der Waals surface area contributed by atoms with Gasteiger partial charge in [0.15, 0.2) is 23.1 Å². The lowest BCUT2D eigenvalue weighted by Crippen LogP contribution is -2.01. The highest BCUT2D eigenvalue weighted by Gasteiger charge is 2.19. The summed E-state index contributed by atoms with van der Waals surface area (Å²) in [6, 6.07) is 38.9. The Morgan fingerprint density at radius 1 is 0.488 bits per heavy atom. The summed E-state index contributed by atoms with van der Waals surface area (Å²) in [5.41, 5.74) is 4.63. The zero-order valence-electron chi connectivity index (χ0n) is 22.8. The zero-order chi connectivity index (χ0) is 28.3. The molecule has 43 heavy (non-hydrogen) atoms. The molecular formula is C37H21N5O. The molecule has 0 amide bonds. The molecule has 0 N–H and O–H groups in total. The summed E-state index contributed by atoms with van der Waals surface area (Å²) >= 11 is 0. The summed E-state index contributed by atoms with van der Waals surface area (Å²) in [7, 11) is 0. The van der Waals surface area contributed by atoms with Crippen molar-refractivity contribution in [2.24, 2.45) is 0 Å². The number of rotatable bonds is 3. The minimum Gasteiger partial charge on any atom is -0.454 e. The highest BCUT2D eigenvalue weighted by molar-refractivity contribution is 6.17. The molecule has 200 valence electrons. The van der Waals surface area contributed by atoms with Crippen molar-refractivity contribution in [1.29, 1.82) is 0 Å². The molecular weight excluding hydrogens is 530 g/mol. The Morgan fingerprint density at radius 2 is 1.26 bits per heavy atom. The van der Waals surface area contributed by atoms with Crippen LogP contribution in [0.4, 0.5) is 0 Å². The molecule has 0 unspecified atom stereocenters. The van der Waals surface area contributed by atoms with Crippen LogP contribution in [0.25, 0.3) is 88.7 Å². The first-order valence-electron chi connectivity index (χ1n) is 14.1. The molecule has 0 saturated carbocycles. The summed E-state index contributed by atoms with van der Waals surface area (Å²) in [5.74, 6) is 1.61. The fourth-order valence-corrected chi connectivity index (χ4v) is 5.99. The van der Waals surface area contributed by atoms with Gasteiger partial charge in [0.1, 0.15) is 16.8 Å². The minimum atomic E-state index is 0.502. The molecule has 0 bridgehead atoms. The largest absolute Gasteiger partial charge is 0.454 e. The van der Waals surface area contributed by atoms with E-state index < -0.39 is 0 Å². The number of hydrogen-bond acceptors (Lipinski definition) is 6. The molecule has 9 aromatic rings. The Morgan fingerprint density at radius 3 is 2.19 bits per heavy atom. The summed E-state index contributed by atoms with van der Waals surface area (Å²) in [4.78, 5) is 24.4. The van der Waals surface area contributed by atoms with E-state index in [1.807, 2.05) is 66.9 Å². The maximum absolute atomic E-state index is 6.11. The molecule has 6 heteroatoms. The van der Waals surface area contributed by atoms with Crippen LogP contribution in [-0.4, -0.2) is 24.9 Å². The van der Waals surface area contributed by atoms with Crippen molar-refractivity contribution in [3.63, 3.8) is 0 Å². The number of aromatic nitrogens is 5. The second-order valence-corrected chi connectivity index (χ2v) is 10.5. The highest BCUT2D eigenvalue weighted by Crippen LogP contribution is 2.36. The van der Waals surface area contributed by atoms with E-state index in [2.05, 4.69) is 59.6 Å². The van der Waals surface area contributed by atoms with Gasteiger partial charge in [0.2, 0.25) is 0 Å². The molecule has 6 nitrogen and oxygen atoms in total. The fraction of sp³-hybridized carbons (Fsp3) is 0. The maximum Gasteiger partial charge on any atom is 0.182 e. The van der Waals surface area contributed by atoms with Gasteiger partial charge in [-0.2, -0.15) is 0 Å². The van der Waals surface area contributed by atoms with Crippen molar-refractivity contribution in [1.82, 2.24) is 24.9 Å². The Bertz CT molecular complexity index is 2520. The van der Waals surface area contributed by atoms with Gasteiger partial charge in [-0.25, -0.2) is 15.0 Å². The van der Waals surface area contributed by atoms with Crippen LogP contribution < -0.4 is 0 Å². The van der Waals surface area contributed by atoms with Gasteiger partial charge >= 0.3 is 0 Å². The quantitative estimate of drug-likeness (QED) is 0.204. The molecule has 4 aromatic heterocycles. The number of fused-ring (bicyclic) bond motifs is 8. The summed E-state index contributed by atoms with van der Waals surface area (Å²) in [6.07, 6.45) is 3.70. The summed E-state index contributed by atoms with van der Waals surface area (Å²) in [5, 5.41) is 7.87. The van der Waals surface area contributed by atoms with E-state index >= 15 is 0 Å². The molecule has 0 aliphatic heterocycles. The minimum absolute atomic E-state index is 0.502. The summed E-state index contributed by atoms with van der Waals surface area (Å²) < 4.78 is 6.11. The first kappa shape index (κ1) is 23.7. The second-order valence-electron chi connectivity index (χ2n) is 10.5. The topological polar surface area (TPSA) is 77.6 Å². The van der Waals surface area contributed by atoms with Gasteiger partial charge in [-0.05, 0) is 51.2 Å². The smallest absolute Gasteiger partial charge is 0.182 e. The van der Waals surface area contributed by atoms with Gasteiger partial charge in [0.25, 0.3) is 0 Å². The van der Waals surface area contributed by atoms with Gasteiger partial charge in [0.05, 0.1) is 5.39 Å². The van der Waals surface area contributed by atoms with Crippen molar-refractivity contribution in [2.45, 2.75) is 0 Å². The van der Waals surface area contributed by atoms with Crippen molar-refractivity contribution in [3.05, 3.63) is 128 Å². The predicted molar refractivity (Wildman–Crippen MR) is 172 cm³/mol. The van der Waals surface area contributed by atoms with Gasteiger partial charge in [-0.3, -0.25) is 9.97 Å². The van der Waals surface area contributed by atoms with Crippen LogP contribution in [0.5, 0.6) is 0 Å². The zero-order valence-corrected chi connectivity index (χ0v) is 22.8. The highest BCUT2D eigenvalue weighted by atomic mass is 16.3. The van der Waals surface area contributed by atoms with E-state index in [0.29, 0.717) is 23.2 Å². The van der Waals surface area contributed by atoms with Crippen LogP contribution in [0, 0.1) is 0 Å². The van der Waals surface area contributed by atoms with Crippen molar-refractivity contribution >= 4 is 54.4 Å². The average molecular weight is 552 g/mol. The monoisotopic (exact) mass is 551 g/mol. The third-order valence-electron chi connectivity index (χ3n) is 8.02. The molecule has 0 aliphatic carbocycles. The number of pyridine rings is 2. The van der Waals surface area contributed by atoms with E-state index in [9.17, 15) is 0 Å². The van der Waals surface area contributed by atoms with Crippen molar-refractivity contribution in [2.75, 3.05) is 0 Å². The predicted octanol–water partition coefficient (Wildman–Crippen LogP) is 9.02. The third kappa shape index (κ3) is 3.77. The van der Waals surface area contributed by atoms with Gasteiger partial charge < -0.3 is 4.42 Å². The third-order valence-corrected chi connectivity index (χ3v) is 8.02. The van der Waals surface area contributed by atoms with Crippen LogP contribution in [0.1, 0.15) is 0 Å². The molecule has 4 heterocycles. The molecule has 0 fully saturated rings. The number of benzene rings is 5. The Balaban J connectivity index is 1.27. The van der Waals surface area contributed by atoms with Crippen LogP contribution in [-0.2, 0) is 0 Å².